The molecule has 1 aromatic carbocycles. The monoisotopic (exact) mass is 653 g/mol. The summed E-state index contributed by atoms with van der Waals surface area (Å²) in [6.07, 6.45) is -1.44. The predicted molar refractivity (Wildman–Crippen MR) is 178 cm³/mol. The Morgan fingerprint density at radius 2 is 1.83 bits per heavy atom. The number of nitrogens with zero attached hydrogens (tertiary/aromatic N) is 6. The zero-order valence-electron chi connectivity index (χ0n) is 26.6. The summed E-state index contributed by atoms with van der Waals surface area (Å²) in [6, 6.07) is 11.2. The summed E-state index contributed by atoms with van der Waals surface area (Å²) < 4.78 is 41.3. The van der Waals surface area contributed by atoms with Gasteiger partial charge in [-0.1, -0.05) is 6.07 Å². The van der Waals surface area contributed by atoms with Gasteiger partial charge in [0.15, 0.2) is 0 Å². The highest BCUT2D eigenvalue weighted by Gasteiger charge is 2.30. The van der Waals surface area contributed by atoms with Crippen molar-refractivity contribution in [3.05, 3.63) is 46.0 Å². The molecule has 2 aliphatic rings. The average Bonchev–Trinajstić information content (AvgIpc) is 3.59. The maximum Gasteiger partial charge on any atom is 0.393 e. The lowest BCUT2D eigenvalue weighted by Gasteiger charge is -2.35. The fourth-order valence-corrected chi connectivity index (χ4v) is 7.93. The van der Waals surface area contributed by atoms with Crippen molar-refractivity contribution in [2.45, 2.75) is 83.3 Å². The van der Waals surface area contributed by atoms with Gasteiger partial charge in [-0.25, -0.2) is 4.98 Å². The first-order valence-corrected chi connectivity index (χ1v) is 16.9. The molecule has 5 heterocycles. The van der Waals surface area contributed by atoms with E-state index in [1.165, 1.54) is 11.1 Å². The summed E-state index contributed by atoms with van der Waals surface area (Å²) in [5.41, 5.74) is 10.4. The fourth-order valence-electron chi connectivity index (χ4n) is 6.87. The maximum absolute atomic E-state index is 13.1. The summed E-state index contributed by atoms with van der Waals surface area (Å²) in [5.74, 6) is 0.965. The summed E-state index contributed by atoms with van der Waals surface area (Å²) >= 11 is 1.06. The van der Waals surface area contributed by atoms with Crippen LogP contribution >= 0.6 is 11.3 Å². The van der Waals surface area contributed by atoms with Crippen LogP contribution < -0.4 is 16.4 Å². The summed E-state index contributed by atoms with van der Waals surface area (Å²) in [5, 5.41) is 18.2. The molecule has 13 heteroatoms. The molecule has 2 aliphatic heterocycles. The minimum atomic E-state index is -4.27. The molecule has 0 amide bonds. The fraction of sp³-hybridized carbons (Fsp3) is 0.545. The Hall–Kier alpha value is -3.44. The van der Waals surface area contributed by atoms with Gasteiger partial charge in [0.1, 0.15) is 22.4 Å². The van der Waals surface area contributed by atoms with E-state index in [4.69, 9.17) is 5.73 Å². The molecule has 4 N–H and O–H groups in total. The molecule has 2 fully saturated rings. The van der Waals surface area contributed by atoms with E-state index >= 15 is 0 Å². The highest BCUT2D eigenvalue weighted by molar-refractivity contribution is 7.18. The number of halogens is 3. The van der Waals surface area contributed by atoms with Crippen molar-refractivity contribution in [2.75, 3.05) is 43.9 Å². The van der Waals surface area contributed by atoms with Gasteiger partial charge in [0, 0.05) is 67.1 Å². The van der Waals surface area contributed by atoms with Gasteiger partial charge < -0.3 is 20.9 Å². The average molecular weight is 654 g/mol. The molecule has 0 unspecified atom stereocenters. The van der Waals surface area contributed by atoms with Gasteiger partial charge in [0.25, 0.3) is 0 Å². The highest BCUT2D eigenvalue weighted by atomic mass is 32.1. The number of hydrogen-bond acceptors (Lipinski definition) is 9. The topological polar surface area (TPSA) is 111 Å². The van der Waals surface area contributed by atoms with Crippen molar-refractivity contribution in [1.82, 2.24) is 24.3 Å². The molecule has 246 valence electrons. The third-order valence-electron chi connectivity index (χ3n) is 9.59. The SMILES string of the molecule is CNc1nc(NC2CCN(Cc3ccc4c(cc(C#N)n4C[C@H](C)N4CCC(N)CC4)c3C)CC2)c2cc(CC(F)(F)F)sc2n1. The van der Waals surface area contributed by atoms with Crippen LogP contribution in [0.1, 0.15) is 54.3 Å². The van der Waals surface area contributed by atoms with Crippen molar-refractivity contribution in [2.24, 2.45) is 5.73 Å². The number of nitriles is 1. The van der Waals surface area contributed by atoms with Gasteiger partial charge in [-0.3, -0.25) is 9.80 Å². The number of likely N-dealkylation sites (tertiary alicyclic amines) is 2. The number of piperidine rings is 2. The number of aryl methyl sites for hydroxylation is 1. The van der Waals surface area contributed by atoms with E-state index in [1.54, 1.807) is 13.1 Å². The van der Waals surface area contributed by atoms with E-state index in [-0.39, 0.29) is 10.9 Å². The molecule has 0 radical (unpaired) electrons. The zero-order chi connectivity index (χ0) is 32.6. The molecule has 2 saturated heterocycles. The Morgan fingerprint density at radius 3 is 2.50 bits per heavy atom. The molecule has 0 aliphatic carbocycles. The quantitative estimate of drug-likeness (QED) is 0.206. The molecule has 3 aromatic heterocycles. The second-order valence-corrected chi connectivity index (χ2v) is 13.9. The van der Waals surface area contributed by atoms with Gasteiger partial charge in [-0.15, -0.1) is 11.3 Å². The molecule has 1 atom stereocenters. The minimum Gasteiger partial charge on any atom is -0.367 e. The number of alkyl halides is 3. The molecule has 4 aromatic rings. The summed E-state index contributed by atoms with van der Waals surface area (Å²) in [6.45, 7) is 9.73. The van der Waals surface area contributed by atoms with Crippen LogP contribution in [0, 0.1) is 18.3 Å². The molecule has 9 nitrogen and oxygen atoms in total. The van der Waals surface area contributed by atoms with Crippen LogP contribution in [-0.4, -0.2) is 81.9 Å². The Morgan fingerprint density at radius 1 is 1.09 bits per heavy atom. The van der Waals surface area contributed by atoms with Crippen LogP contribution in [0.5, 0.6) is 0 Å². The first kappa shape index (κ1) is 32.5. The molecule has 0 bridgehead atoms. The Labute approximate surface area is 271 Å². The maximum atomic E-state index is 13.1. The first-order chi connectivity index (χ1) is 22.0. The Kier molecular flexibility index (Phi) is 9.43. The van der Waals surface area contributed by atoms with Crippen molar-refractivity contribution in [1.29, 1.82) is 5.26 Å². The number of aromatic nitrogens is 3. The van der Waals surface area contributed by atoms with E-state index in [0.29, 0.717) is 39.8 Å². The van der Waals surface area contributed by atoms with Crippen LogP contribution in [0.4, 0.5) is 24.9 Å². The summed E-state index contributed by atoms with van der Waals surface area (Å²) in [4.78, 5) is 14.7. The molecule has 6 rings (SSSR count). The van der Waals surface area contributed by atoms with Crippen LogP contribution in [0.25, 0.3) is 21.1 Å². The second kappa shape index (κ2) is 13.4. The largest absolute Gasteiger partial charge is 0.393 e. The predicted octanol–water partition coefficient (Wildman–Crippen LogP) is 5.86. The number of hydrogen-bond donors (Lipinski definition) is 3. The smallest absolute Gasteiger partial charge is 0.367 e. The van der Waals surface area contributed by atoms with E-state index in [2.05, 4.69) is 67.0 Å². The van der Waals surface area contributed by atoms with Crippen LogP contribution in [-0.2, 0) is 19.5 Å². The summed E-state index contributed by atoms with van der Waals surface area (Å²) in [7, 11) is 1.70. The first-order valence-electron chi connectivity index (χ1n) is 16.1. The van der Waals surface area contributed by atoms with E-state index in [1.807, 2.05) is 6.07 Å². The normalized spacial score (nSPS) is 18.3. The molecular weight excluding hydrogens is 611 g/mol. The molecule has 0 spiro atoms. The minimum absolute atomic E-state index is 0.151. The van der Waals surface area contributed by atoms with Gasteiger partial charge in [-0.2, -0.15) is 23.4 Å². The lowest BCUT2D eigenvalue weighted by Crippen LogP contribution is -2.45. The zero-order valence-corrected chi connectivity index (χ0v) is 27.4. The third kappa shape index (κ3) is 7.10. The Balaban J connectivity index is 1.11. The van der Waals surface area contributed by atoms with E-state index in [9.17, 15) is 18.4 Å². The van der Waals surface area contributed by atoms with Gasteiger partial charge >= 0.3 is 6.18 Å². The van der Waals surface area contributed by atoms with Gasteiger partial charge in [-0.05, 0) is 81.9 Å². The number of benzene rings is 1. The third-order valence-corrected chi connectivity index (χ3v) is 10.6. The molecular formula is C33H42F3N9S. The van der Waals surface area contributed by atoms with E-state index in [0.717, 1.165) is 87.2 Å². The Bertz CT molecular complexity index is 1720. The lowest BCUT2D eigenvalue weighted by molar-refractivity contribution is -0.126. The number of rotatable bonds is 9. The number of anilines is 2. The van der Waals surface area contributed by atoms with E-state index < -0.39 is 12.6 Å². The van der Waals surface area contributed by atoms with Crippen molar-refractivity contribution in [3.8, 4) is 6.07 Å². The number of fused-ring (bicyclic) bond motifs is 2. The van der Waals surface area contributed by atoms with Crippen LogP contribution in [0.15, 0.2) is 24.3 Å². The lowest BCUT2D eigenvalue weighted by atomic mass is 10.0. The van der Waals surface area contributed by atoms with Crippen LogP contribution in [0.3, 0.4) is 0 Å². The second-order valence-electron chi connectivity index (χ2n) is 12.8. The standard InChI is InChI=1S/C33H42F3N9S/c1-20(44-12-6-23(38)7-13-44)18-45-25(17-37)14-27-21(2)22(4-5-29(27)45)19-43-10-8-24(9-11-43)40-30-28-15-26(16-33(34,35)36)46-31(28)42-32(39-3)41-30/h4-5,14-15,20,23-24H,6-13,16,18-19,38H2,1-3H3,(H2,39,40,41,42)/t20-/m0/s1. The van der Waals surface area contributed by atoms with Gasteiger partial charge in [0.2, 0.25) is 5.95 Å². The van der Waals surface area contributed by atoms with Crippen molar-refractivity contribution < 1.29 is 13.2 Å². The molecule has 46 heavy (non-hydrogen) atoms. The number of nitrogens with two attached hydrogens (primary N) is 1. The van der Waals surface area contributed by atoms with Gasteiger partial charge in [0.05, 0.1) is 11.8 Å². The molecule has 0 saturated carbocycles. The number of nitrogens with one attached hydrogen (secondary N) is 2. The van der Waals surface area contributed by atoms with Crippen molar-refractivity contribution >= 4 is 44.2 Å². The number of thiophene rings is 1. The van der Waals surface area contributed by atoms with Crippen LogP contribution in [0.2, 0.25) is 0 Å². The van der Waals surface area contributed by atoms with Crippen molar-refractivity contribution in [3.63, 3.8) is 0 Å². The highest BCUT2D eigenvalue weighted by Crippen LogP contribution is 2.35.